The molecule has 0 saturated carbocycles. The lowest BCUT2D eigenvalue weighted by molar-refractivity contribution is -0.127. The summed E-state index contributed by atoms with van der Waals surface area (Å²) in [7, 11) is 1.62. The molecule has 2 aromatic carbocycles. The van der Waals surface area contributed by atoms with Crippen LogP contribution in [-0.2, 0) is 4.79 Å². The first-order valence-corrected chi connectivity index (χ1v) is 10.9. The van der Waals surface area contributed by atoms with E-state index in [0.717, 1.165) is 40.3 Å². The van der Waals surface area contributed by atoms with Crippen molar-refractivity contribution in [1.82, 2.24) is 19.9 Å². The lowest BCUT2D eigenvalue weighted by Crippen LogP contribution is -2.41. The molecule has 33 heavy (non-hydrogen) atoms. The van der Waals surface area contributed by atoms with Gasteiger partial charge in [-0.15, -0.1) is 0 Å². The summed E-state index contributed by atoms with van der Waals surface area (Å²) in [5.74, 6) is 1.90. The molecule has 0 atom stereocenters. The molecule has 0 spiro atoms. The number of H-pyrrole nitrogens is 1. The van der Waals surface area contributed by atoms with Crippen molar-refractivity contribution in [3.8, 4) is 11.5 Å². The van der Waals surface area contributed by atoms with Gasteiger partial charge in [-0.3, -0.25) is 4.79 Å². The summed E-state index contributed by atoms with van der Waals surface area (Å²) in [6.45, 7) is 4.85. The molecule has 2 aromatic heterocycles. The summed E-state index contributed by atoms with van der Waals surface area (Å²) in [5.41, 5.74) is 2.75. The predicted octanol–water partition coefficient (Wildman–Crippen LogP) is 4.42. The second-order valence-electron chi connectivity index (χ2n) is 7.96. The van der Waals surface area contributed by atoms with Crippen LogP contribution in [0.25, 0.3) is 21.8 Å². The number of ether oxygens (including phenoxy) is 2. The Hall–Kier alpha value is -4.07. The number of piperidine rings is 1. The number of aromatic amines is 1. The van der Waals surface area contributed by atoms with Gasteiger partial charge in [-0.05, 0) is 30.3 Å². The quantitative estimate of drug-likeness (QED) is 0.429. The molecular weight excluding hydrogens is 418 g/mol. The number of hydrogen-bond acceptors (Lipinski definition) is 6. The summed E-state index contributed by atoms with van der Waals surface area (Å²) in [4.78, 5) is 25.8. The van der Waals surface area contributed by atoms with Gasteiger partial charge in [-0.1, -0.05) is 12.6 Å². The number of likely N-dealkylation sites (tertiary alicyclic amines) is 1. The first-order chi connectivity index (χ1) is 16.2. The summed E-state index contributed by atoms with van der Waals surface area (Å²) >= 11 is 0. The average Bonchev–Trinajstić information content (AvgIpc) is 3.34. The molecule has 2 N–H and O–H groups in total. The highest BCUT2D eigenvalue weighted by molar-refractivity contribution is 5.98. The van der Waals surface area contributed by atoms with E-state index in [1.54, 1.807) is 12.0 Å². The molecule has 168 valence electrons. The Morgan fingerprint density at radius 3 is 2.82 bits per heavy atom. The van der Waals surface area contributed by atoms with Crippen molar-refractivity contribution in [3.05, 3.63) is 61.6 Å². The van der Waals surface area contributed by atoms with Gasteiger partial charge in [0.05, 0.1) is 12.6 Å². The summed E-state index contributed by atoms with van der Waals surface area (Å²) in [5, 5.41) is 5.36. The number of methoxy groups -OCH3 is 1. The first kappa shape index (κ1) is 20.8. The number of rotatable bonds is 6. The fourth-order valence-corrected chi connectivity index (χ4v) is 4.24. The third-order valence-electron chi connectivity index (χ3n) is 5.99. The number of amides is 1. The van der Waals surface area contributed by atoms with E-state index < -0.39 is 0 Å². The standard InChI is InChI=1S/C25H25N5O3/c1-3-24(31)30-11-8-16(9-12-30)33-23-13-18-21(14-22(23)32-2)27-15-28-25(18)29-20-6-4-5-19-17(20)7-10-26-19/h3-7,10,13-16,26H,1,8-9,11-12H2,2H3,(H,27,28,29). The number of hydrogen-bond donors (Lipinski definition) is 2. The minimum atomic E-state index is -0.0398. The molecule has 3 heterocycles. The van der Waals surface area contributed by atoms with Gasteiger partial charge < -0.3 is 24.7 Å². The fourth-order valence-electron chi connectivity index (χ4n) is 4.24. The van der Waals surface area contributed by atoms with Gasteiger partial charge in [-0.25, -0.2) is 9.97 Å². The normalized spacial score (nSPS) is 14.4. The minimum absolute atomic E-state index is 0.0140. The van der Waals surface area contributed by atoms with Gasteiger partial charge in [-0.2, -0.15) is 0 Å². The van der Waals surface area contributed by atoms with E-state index >= 15 is 0 Å². The van der Waals surface area contributed by atoms with Crippen LogP contribution >= 0.6 is 0 Å². The van der Waals surface area contributed by atoms with Crippen molar-refractivity contribution < 1.29 is 14.3 Å². The van der Waals surface area contributed by atoms with Crippen LogP contribution < -0.4 is 14.8 Å². The Morgan fingerprint density at radius 2 is 2.03 bits per heavy atom. The number of aromatic nitrogens is 3. The number of benzene rings is 2. The topological polar surface area (TPSA) is 92.4 Å². The van der Waals surface area contributed by atoms with E-state index in [-0.39, 0.29) is 12.0 Å². The van der Waals surface area contributed by atoms with Crippen LogP contribution in [0.1, 0.15) is 12.8 Å². The van der Waals surface area contributed by atoms with Gasteiger partial charge in [0.15, 0.2) is 11.5 Å². The molecule has 1 amide bonds. The molecule has 1 aliphatic rings. The SMILES string of the molecule is C=CC(=O)N1CCC(Oc2cc3c(Nc4cccc5[nH]ccc45)ncnc3cc2OC)CC1. The van der Waals surface area contributed by atoms with Crippen molar-refractivity contribution in [2.45, 2.75) is 18.9 Å². The third-order valence-corrected chi connectivity index (χ3v) is 5.99. The van der Waals surface area contributed by atoms with E-state index in [4.69, 9.17) is 9.47 Å². The maximum absolute atomic E-state index is 11.9. The van der Waals surface area contributed by atoms with E-state index in [1.165, 1.54) is 12.4 Å². The van der Waals surface area contributed by atoms with Crippen LogP contribution in [0, 0.1) is 0 Å². The van der Waals surface area contributed by atoms with E-state index in [1.807, 2.05) is 42.6 Å². The highest BCUT2D eigenvalue weighted by Crippen LogP contribution is 2.37. The zero-order valence-electron chi connectivity index (χ0n) is 18.4. The highest BCUT2D eigenvalue weighted by atomic mass is 16.5. The van der Waals surface area contributed by atoms with E-state index in [0.29, 0.717) is 30.4 Å². The second kappa shape index (κ2) is 8.82. The second-order valence-corrected chi connectivity index (χ2v) is 7.96. The average molecular weight is 444 g/mol. The number of nitrogens with one attached hydrogen (secondary N) is 2. The number of carbonyl (C=O) groups excluding carboxylic acids is 1. The van der Waals surface area contributed by atoms with Crippen LogP contribution in [-0.4, -0.2) is 52.1 Å². The number of fused-ring (bicyclic) bond motifs is 2. The van der Waals surface area contributed by atoms with Gasteiger partial charge in [0.1, 0.15) is 18.2 Å². The molecule has 8 heteroatoms. The molecule has 8 nitrogen and oxygen atoms in total. The Bertz CT molecular complexity index is 1320. The smallest absolute Gasteiger partial charge is 0.245 e. The van der Waals surface area contributed by atoms with Crippen molar-refractivity contribution in [2.75, 3.05) is 25.5 Å². The number of anilines is 2. The molecular formula is C25H25N5O3. The molecule has 1 aliphatic heterocycles. The van der Waals surface area contributed by atoms with E-state index in [9.17, 15) is 4.79 Å². The molecule has 4 aromatic rings. The van der Waals surface area contributed by atoms with Gasteiger partial charge in [0.2, 0.25) is 5.91 Å². The zero-order chi connectivity index (χ0) is 22.8. The lowest BCUT2D eigenvalue weighted by atomic mass is 10.1. The maximum atomic E-state index is 11.9. The van der Waals surface area contributed by atoms with Gasteiger partial charge in [0.25, 0.3) is 0 Å². The summed E-state index contributed by atoms with van der Waals surface area (Å²) < 4.78 is 11.9. The Kier molecular flexibility index (Phi) is 5.56. The summed E-state index contributed by atoms with van der Waals surface area (Å²) in [6, 6.07) is 11.9. The minimum Gasteiger partial charge on any atom is -0.493 e. The number of nitrogens with zero attached hydrogens (tertiary/aromatic N) is 3. The predicted molar refractivity (Wildman–Crippen MR) is 128 cm³/mol. The number of carbonyl (C=O) groups is 1. The van der Waals surface area contributed by atoms with Crippen molar-refractivity contribution in [1.29, 1.82) is 0 Å². The molecule has 0 radical (unpaired) electrons. The van der Waals surface area contributed by atoms with Gasteiger partial charge in [0, 0.05) is 60.2 Å². The van der Waals surface area contributed by atoms with Crippen LogP contribution in [0.2, 0.25) is 0 Å². The molecule has 0 unspecified atom stereocenters. The molecule has 1 fully saturated rings. The Morgan fingerprint density at radius 1 is 1.18 bits per heavy atom. The van der Waals surface area contributed by atoms with Crippen LogP contribution in [0.5, 0.6) is 11.5 Å². The molecule has 1 saturated heterocycles. The lowest BCUT2D eigenvalue weighted by Gasteiger charge is -2.31. The van der Waals surface area contributed by atoms with Crippen LogP contribution in [0.3, 0.4) is 0 Å². The Labute approximate surface area is 191 Å². The van der Waals surface area contributed by atoms with Gasteiger partial charge >= 0.3 is 0 Å². The molecule has 0 bridgehead atoms. The van der Waals surface area contributed by atoms with Crippen LogP contribution in [0.15, 0.2) is 61.6 Å². The summed E-state index contributed by atoms with van der Waals surface area (Å²) in [6.07, 6.45) is 6.28. The monoisotopic (exact) mass is 443 g/mol. The van der Waals surface area contributed by atoms with Crippen molar-refractivity contribution in [2.24, 2.45) is 0 Å². The first-order valence-electron chi connectivity index (χ1n) is 10.9. The zero-order valence-corrected chi connectivity index (χ0v) is 18.4. The molecule has 5 rings (SSSR count). The fraction of sp³-hybridized carbons (Fsp3) is 0.240. The Balaban J connectivity index is 1.44. The van der Waals surface area contributed by atoms with E-state index in [2.05, 4.69) is 26.8 Å². The third kappa shape index (κ3) is 4.07. The van der Waals surface area contributed by atoms with Crippen molar-refractivity contribution in [3.63, 3.8) is 0 Å². The van der Waals surface area contributed by atoms with Crippen LogP contribution in [0.4, 0.5) is 11.5 Å². The largest absolute Gasteiger partial charge is 0.493 e. The highest BCUT2D eigenvalue weighted by Gasteiger charge is 2.24. The van der Waals surface area contributed by atoms with Crippen molar-refractivity contribution >= 4 is 39.2 Å². The maximum Gasteiger partial charge on any atom is 0.245 e. The molecule has 0 aliphatic carbocycles.